The number of carbonyl (C=O) groups is 3. The number of aromatic nitrogens is 3. The highest BCUT2D eigenvalue weighted by molar-refractivity contribution is 7.99. The van der Waals surface area contributed by atoms with Crippen LogP contribution in [0.4, 0.5) is 4.79 Å². The number of thioether (sulfide) groups is 1. The van der Waals surface area contributed by atoms with E-state index in [-0.39, 0.29) is 5.75 Å². The molecule has 1 aliphatic heterocycles. The first-order valence-corrected chi connectivity index (χ1v) is 12.0. The monoisotopic (exact) mass is 482 g/mol. The minimum absolute atomic E-state index is 0.0596. The number of furan rings is 1. The molecule has 2 N–H and O–H groups in total. The van der Waals surface area contributed by atoms with Crippen LogP contribution in [0.5, 0.6) is 0 Å². The number of amides is 4. The SMILES string of the molecule is CCC1(c2ccccc2)NC(=O)N(NC(=O)CSc2nnc(-c3ccco3)n2CC(C)C)C1=O. The van der Waals surface area contributed by atoms with Crippen LogP contribution in [0, 0.1) is 5.92 Å². The minimum Gasteiger partial charge on any atom is -0.461 e. The summed E-state index contributed by atoms with van der Waals surface area (Å²) >= 11 is 1.17. The fourth-order valence-corrected chi connectivity index (χ4v) is 4.58. The topological polar surface area (TPSA) is 122 Å². The predicted molar refractivity (Wildman–Crippen MR) is 125 cm³/mol. The van der Waals surface area contributed by atoms with Crippen LogP contribution in [0.3, 0.4) is 0 Å². The summed E-state index contributed by atoms with van der Waals surface area (Å²) in [5.74, 6) is 0.381. The smallest absolute Gasteiger partial charge is 0.344 e. The second-order valence-electron chi connectivity index (χ2n) is 8.31. The quantitative estimate of drug-likeness (QED) is 0.355. The standard InChI is InChI=1S/C23H26N6O4S/c1-4-23(16-9-6-5-7-10-16)20(31)29(21(32)24-23)27-18(30)14-34-22-26-25-19(17-11-8-12-33-17)28(22)13-15(2)3/h5-12,15H,4,13-14H2,1-3H3,(H,24,32)(H,27,30). The molecular weight excluding hydrogens is 456 g/mol. The van der Waals surface area contributed by atoms with Gasteiger partial charge in [-0.15, -0.1) is 10.2 Å². The van der Waals surface area contributed by atoms with Crippen molar-refractivity contribution in [3.63, 3.8) is 0 Å². The van der Waals surface area contributed by atoms with Gasteiger partial charge in [0.2, 0.25) is 5.91 Å². The van der Waals surface area contributed by atoms with Crippen LogP contribution in [0.25, 0.3) is 11.6 Å². The van der Waals surface area contributed by atoms with Crippen molar-refractivity contribution >= 4 is 29.6 Å². The van der Waals surface area contributed by atoms with Gasteiger partial charge in [-0.1, -0.05) is 62.9 Å². The number of imide groups is 1. The first-order valence-electron chi connectivity index (χ1n) is 11.0. The van der Waals surface area contributed by atoms with E-state index < -0.39 is 23.4 Å². The second-order valence-corrected chi connectivity index (χ2v) is 9.25. The van der Waals surface area contributed by atoms with Crippen LogP contribution in [0.2, 0.25) is 0 Å². The Labute approximate surface area is 201 Å². The summed E-state index contributed by atoms with van der Waals surface area (Å²) in [5.41, 5.74) is 1.89. The maximum Gasteiger partial charge on any atom is 0.344 e. The molecule has 3 heterocycles. The minimum atomic E-state index is -1.21. The molecule has 4 rings (SSSR count). The number of nitrogens with zero attached hydrogens (tertiary/aromatic N) is 4. The van der Waals surface area contributed by atoms with Crippen molar-refractivity contribution < 1.29 is 18.8 Å². The summed E-state index contributed by atoms with van der Waals surface area (Å²) in [6.07, 6.45) is 1.91. The van der Waals surface area contributed by atoms with Crippen molar-refractivity contribution in [2.45, 2.75) is 44.4 Å². The number of rotatable bonds is 9. The summed E-state index contributed by atoms with van der Waals surface area (Å²) < 4.78 is 7.35. The van der Waals surface area contributed by atoms with E-state index >= 15 is 0 Å². The van der Waals surface area contributed by atoms with Crippen LogP contribution in [0.15, 0.2) is 58.3 Å². The lowest BCUT2D eigenvalue weighted by atomic mass is 9.87. The van der Waals surface area contributed by atoms with Crippen molar-refractivity contribution in [3.8, 4) is 11.6 Å². The van der Waals surface area contributed by atoms with Crippen LogP contribution in [0.1, 0.15) is 32.8 Å². The maximum absolute atomic E-state index is 13.2. The summed E-state index contributed by atoms with van der Waals surface area (Å²) in [6, 6.07) is 11.9. The zero-order chi connectivity index (χ0) is 24.3. The summed E-state index contributed by atoms with van der Waals surface area (Å²) in [4.78, 5) is 38.4. The zero-order valence-corrected chi connectivity index (χ0v) is 20.0. The Balaban J connectivity index is 1.46. The zero-order valence-electron chi connectivity index (χ0n) is 19.1. The van der Waals surface area contributed by atoms with E-state index in [2.05, 4.69) is 34.8 Å². The van der Waals surface area contributed by atoms with Crippen molar-refractivity contribution in [3.05, 3.63) is 54.3 Å². The summed E-state index contributed by atoms with van der Waals surface area (Å²) in [5, 5.41) is 12.5. The van der Waals surface area contributed by atoms with Gasteiger partial charge in [0.25, 0.3) is 5.91 Å². The molecule has 0 spiro atoms. The van der Waals surface area contributed by atoms with Gasteiger partial charge in [-0.2, -0.15) is 5.01 Å². The molecule has 1 fully saturated rings. The Morgan fingerprint density at radius 3 is 2.59 bits per heavy atom. The highest BCUT2D eigenvalue weighted by Crippen LogP contribution is 2.31. The molecular formula is C23H26N6O4S. The molecule has 0 bridgehead atoms. The molecule has 0 aliphatic carbocycles. The molecule has 1 aromatic carbocycles. The van der Waals surface area contributed by atoms with Crippen LogP contribution in [-0.2, 0) is 21.7 Å². The molecule has 1 unspecified atom stereocenters. The van der Waals surface area contributed by atoms with Crippen LogP contribution < -0.4 is 10.7 Å². The first kappa shape index (κ1) is 23.6. The number of benzene rings is 1. The number of hydrazine groups is 1. The third-order valence-corrected chi connectivity index (χ3v) is 6.43. The molecule has 0 saturated carbocycles. The highest BCUT2D eigenvalue weighted by atomic mass is 32.2. The fourth-order valence-electron chi connectivity index (χ4n) is 3.84. The molecule has 4 amide bonds. The Bertz CT molecular complexity index is 1180. The Hall–Kier alpha value is -3.60. The molecule has 0 radical (unpaired) electrons. The highest BCUT2D eigenvalue weighted by Gasteiger charge is 2.52. The van der Waals surface area contributed by atoms with Gasteiger partial charge < -0.3 is 9.73 Å². The normalized spacial score (nSPS) is 17.9. The molecule has 1 saturated heterocycles. The number of urea groups is 1. The average Bonchev–Trinajstić information content (AvgIpc) is 3.54. The third kappa shape index (κ3) is 4.43. The van der Waals surface area contributed by atoms with E-state index in [0.29, 0.717) is 41.2 Å². The molecule has 11 heteroatoms. The number of hydrogen-bond donors (Lipinski definition) is 2. The number of nitrogens with one attached hydrogen (secondary N) is 2. The Morgan fingerprint density at radius 1 is 1.18 bits per heavy atom. The lowest BCUT2D eigenvalue weighted by molar-refractivity contribution is -0.138. The lowest BCUT2D eigenvalue weighted by Gasteiger charge is -2.25. The number of hydrogen-bond acceptors (Lipinski definition) is 7. The van der Waals surface area contributed by atoms with E-state index in [1.165, 1.54) is 11.8 Å². The van der Waals surface area contributed by atoms with Crippen LogP contribution in [-0.4, -0.2) is 43.4 Å². The molecule has 1 atom stereocenters. The average molecular weight is 483 g/mol. The Kier molecular flexibility index (Phi) is 6.73. The van der Waals surface area contributed by atoms with Gasteiger partial charge in [0.05, 0.1) is 12.0 Å². The predicted octanol–water partition coefficient (Wildman–Crippen LogP) is 3.17. The summed E-state index contributed by atoms with van der Waals surface area (Å²) in [7, 11) is 0. The van der Waals surface area contributed by atoms with E-state index in [1.54, 1.807) is 42.7 Å². The van der Waals surface area contributed by atoms with E-state index in [4.69, 9.17) is 4.42 Å². The molecule has 1 aliphatic rings. The van der Waals surface area contributed by atoms with Gasteiger partial charge in [-0.3, -0.25) is 19.6 Å². The fraction of sp³-hybridized carbons (Fsp3) is 0.348. The van der Waals surface area contributed by atoms with Gasteiger partial charge in [-0.25, -0.2) is 4.79 Å². The van der Waals surface area contributed by atoms with Gasteiger partial charge >= 0.3 is 6.03 Å². The molecule has 2 aromatic heterocycles. The maximum atomic E-state index is 13.2. The lowest BCUT2D eigenvalue weighted by Crippen LogP contribution is -2.49. The third-order valence-electron chi connectivity index (χ3n) is 5.46. The molecule has 178 valence electrons. The van der Waals surface area contributed by atoms with Gasteiger partial charge in [0.1, 0.15) is 5.54 Å². The summed E-state index contributed by atoms with van der Waals surface area (Å²) in [6.45, 7) is 6.58. The van der Waals surface area contributed by atoms with E-state index in [0.717, 1.165) is 5.01 Å². The van der Waals surface area contributed by atoms with Crippen molar-refractivity contribution in [1.82, 2.24) is 30.5 Å². The van der Waals surface area contributed by atoms with Gasteiger partial charge in [-0.05, 0) is 30.0 Å². The molecule has 3 aromatic rings. The Morgan fingerprint density at radius 2 is 1.94 bits per heavy atom. The second kappa shape index (κ2) is 9.72. The van der Waals surface area contributed by atoms with E-state index in [1.807, 2.05) is 17.6 Å². The van der Waals surface area contributed by atoms with Crippen molar-refractivity contribution in [2.24, 2.45) is 5.92 Å². The van der Waals surface area contributed by atoms with Gasteiger partial charge in [0.15, 0.2) is 16.7 Å². The van der Waals surface area contributed by atoms with Crippen molar-refractivity contribution in [2.75, 3.05) is 5.75 Å². The molecule has 10 nitrogen and oxygen atoms in total. The van der Waals surface area contributed by atoms with Crippen molar-refractivity contribution in [1.29, 1.82) is 0 Å². The van der Waals surface area contributed by atoms with Crippen LogP contribution >= 0.6 is 11.8 Å². The first-order chi connectivity index (χ1) is 16.4. The number of carbonyl (C=O) groups excluding carboxylic acids is 3. The molecule has 34 heavy (non-hydrogen) atoms. The largest absolute Gasteiger partial charge is 0.461 e. The van der Waals surface area contributed by atoms with Gasteiger partial charge in [0, 0.05) is 6.54 Å². The van der Waals surface area contributed by atoms with E-state index in [9.17, 15) is 14.4 Å².